The zero-order valence-electron chi connectivity index (χ0n) is 18.4. The molecule has 4 rings (SSSR count). The van der Waals surface area contributed by atoms with Crippen molar-refractivity contribution in [2.75, 3.05) is 13.7 Å². The second kappa shape index (κ2) is 8.76. The van der Waals surface area contributed by atoms with Gasteiger partial charge < -0.3 is 14.4 Å². The van der Waals surface area contributed by atoms with E-state index in [0.29, 0.717) is 5.92 Å². The summed E-state index contributed by atoms with van der Waals surface area (Å²) < 4.78 is 13.5. The number of rotatable bonds is 8. The molecule has 0 N–H and O–H groups in total. The van der Waals surface area contributed by atoms with Gasteiger partial charge in [-0.25, -0.2) is 9.67 Å². The van der Waals surface area contributed by atoms with Crippen molar-refractivity contribution in [3.8, 4) is 5.75 Å². The van der Waals surface area contributed by atoms with Crippen LogP contribution in [0.4, 0.5) is 0 Å². The molecule has 0 radical (unpaired) electrons. The van der Waals surface area contributed by atoms with Crippen LogP contribution in [0.15, 0.2) is 24.3 Å². The first kappa shape index (κ1) is 20.8. The predicted molar refractivity (Wildman–Crippen MR) is 113 cm³/mol. The van der Waals surface area contributed by atoms with Gasteiger partial charge in [0.2, 0.25) is 5.91 Å². The number of hydrogen-bond donors (Lipinski definition) is 0. The number of hydrogen-bond acceptors (Lipinski definition) is 5. The lowest BCUT2D eigenvalue weighted by molar-refractivity contribution is -0.160. The molecule has 1 saturated heterocycles. The van der Waals surface area contributed by atoms with E-state index in [1.807, 2.05) is 33.8 Å². The number of ether oxygens (including phenoxy) is 2. The number of carbonyl (C=O) groups is 1. The molecule has 2 aliphatic rings. The highest BCUT2D eigenvalue weighted by Crippen LogP contribution is 2.45. The lowest BCUT2D eigenvalue weighted by Crippen LogP contribution is -2.47. The van der Waals surface area contributed by atoms with Gasteiger partial charge in [0.25, 0.3) is 0 Å². The van der Waals surface area contributed by atoms with Crippen LogP contribution in [0.5, 0.6) is 5.75 Å². The highest BCUT2D eigenvalue weighted by atomic mass is 16.5. The van der Waals surface area contributed by atoms with Gasteiger partial charge in [0, 0.05) is 19.0 Å². The molecule has 2 atom stereocenters. The van der Waals surface area contributed by atoms with Gasteiger partial charge >= 0.3 is 0 Å². The Morgan fingerprint density at radius 2 is 1.97 bits per heavy atom. The number of methoxy groups -OCH3 is 1. The lowest BCUT2D eigenvalue weighted by atomic mass is 9.96. The van der Waals surface area contributed by atoms with Gasteiger partial charge in [-0.3, -0.25) is 4.79 Å². The third-order valence-corrected chi connectivity index (χ3v) is 5.68. The second-order valence-corrected chi connectivity index (χ2v) is 8.69. The molecule has 1 saturated carbocycles. The first-order valence-electron chi connectivity index (χ1n) is 11.0. The minimum Gasteiger partial charge on any atom is -0.497 e. The number of nitrogens with zero attached hydrogens (tertiary/aromatic N) is 4. The van der Waals surface area contributed by atoms with Gasteiger partial charge in [-0.1, -0.05) is 32.9 Å². The first-order valence-corrected chi connectivity index (χ1v) is 11.0. The number of aromatic nitrogens is 3. The van der Waals surface area contributed by atoms with E-state index in [9.17, 15) is 4.79 Å². The average Bonchev–Trinajstić information content (AvgIpc) is 3.49. The smallest absolute Gasteiger partial charge is 0.249 e. The standard InChI is InChI=1S/C23H32N4O3/c1-5-12-26-23(24-19(25-26)13-15(2)3)22-21(16-6-10-18(29-4)11-7-16)27(17-8-9-17)20(28)14-30-22/h6-7,10-11,15,17,21-22H,5,8-9,12-14H2,1-4H3/t21-,22+/m1/s1. The third kappa shape index (κ3) is 4.21. The maximum Gasteiger partial charge on any atom is 0.249 e. The average molecular weight is 413 g/mol. The summed E-state index contributed by atoms with van der Waals surface area (Å²) in [6.45, 7) is 7.35. The Morgan fingerprint density at radius 1 is 1.23 bits per heavy atom. The van der Waals surface area contributed by atoms with Crippen LogP contribution in [0, 0.1) is 5.92 Å². The Bertz CT molecular complexity index is 873. The van der Waals surface area contributed by atoms with Crippen LogP contribution in [0.3, 0.4) is 0 Å². The molecule has 162 valence electrons. The summed E-state index contributed by atoms with van der Waals surface area (Å²) in [5.41, 5.74) is 1.04. The minimum atomic E-state index is -0.336. The van der Waals surface area contributed by atoms with Crippen LogP contribution in [-0.2, 0) is 22.5 Å². The number of aryl methyl sites for hydroxylation is 1. The Hall–Kier alpha value is -2.41. The van der Waals surface area contributed by atoms with Crippen molar-refractivity contribution in [3.63, 3.8) is 0 Å². The van der Waals surface area contributed by atoms with Crippen molar-refractivity contribution in [3.05, 3.63) is 41.5 Å². The second-order valence-electron chi connectivity index (χ2n) is 8.69. The van der Waals surface area contributed by atoms with E-state index < -0.39 is 0 Å². The van der Waals surface area contributed by atoms with Crippen LogP contribution >= 0.6 is 0 Å². The van der Waals surface area contributed by atoms with Crippen molar-refractivity contribution in [2.45, 2.75) is 71.2 Å². The molecule has 2 aromatic rings. The van der Waals surface area contributed by atoms with E-state index in [1.165, 1.54) is 0 Å². The van der Waals surface area contributed by atoms with Gasteiger partial charge in [-0.2, -0.15) is 5.10 Å². The molecule has 1 aliphatic carbocycles. The normalized spacial score (nSPS) is 22.0. The number of morpholine rings is 1. The zero-order valence-corrected chi connectivity index (χ0v) is 18.4. The van der Waals surface area contributed by atoms with Crippen molar-refractivity contribution in [2.24, 2.45) is 5.92 Å². The van der Waals surface area contributed by atoms with E-state index in [4.69, 9.17) is 19.6 Å². The molecule has 2 fully saturated rings. The van der Waals surface area contributed by atoms with Gasteiger partial charge in [0.15, 0.2) is 11.6 Å². The van der Waals surface area contributed by atoms with Crippen LogP contribution < -0.4 is 4.74 Å². The summed E-state index contributed by atoms with van der Waals surface area (Å²) in [6, 6.07) is 8.02. The molecule has 0 spiro atoms. The van der Waals surface area contributed by atoms with Gasteiger partial charge in [-0.15, -0.1) is 0 Å². The molecule has 0 unspecified atom stereocenters. The van der Waals surface area contributed by atoms with Crippen molar-refractivity contribution >= 4 is 5.91 Å². The fourth-order valence-corrected chi connectivity index (χ4v) is 4.20. The number of amides is 1. The molecular weight excluding hydrogens is 380 g/mol. The topological polar surface area (TPSA) is 69.5 Å². The maximum absolute atomic E-state index is 12.9. The maximum atomic E-state index is 12.9. The van der Waals surface area contributed by atoms with E-state index in [-0.39, 0.29) is 30.7 Å². The Labute approximate surface area is 178 Å². The minimum absolute atomic E-state index is 0.0542. The summed E-state index contributed by atoms with van der Waals surface area (Å²) >= 11 is 0. The first-order chi connectivity index (χ1) is 14.5. The molecule has 0 bridgehead atoms. The van der Waals surface area contributed by atoms with Gasteiger partial charge in [-0.05, 0) is 42.9 Å². The number of carbonyl (C=O) groups excluding carboxylic acids is 1. The zero-order chi connectivity index (χ0) is 21.3. The highest BCUT2D eigenvalue weighted by Gasteiger charge is 2.47. The largest absolute Gasteiger partial charge is 0.497 e. The highest BCUT2D eigenvalue weighted by molar-refractivity contribution is 5.79. The third-order valence-electron chi connectivity index (χ3n) is 5.68. The summed E-state index contributed by atoms with van der Waals surface area (Å²) in [5.74, 6) is 3.00. The van der Waals surface area contributed by atoms with Crippen LogP contribution in [0.1, 0.15) is 69.4 Å². The van der Waals surface area contributed by atoms with Crippen molar-refractivity contribution in [1.82, 2.24) is 19.7 Å². The van der Waals surface area contributed by atoms with Crippen LogP contribution in [0.25, 0.3) is 0 Å². The fourth-order valence-electron chi connectivity index (χ4n) is 4.20. The summed E-state index contributed by atoms with van der Waals surface area (Å²) in [7, 11) is 1.66. The van der Waals surface area contributed by atoms with E-state index in [0.717, 1.165) is 55.2 Å². The quantitative estimate of drug-likeness (QED) is 0.661. The molecule has 1 aromatic heterocycles. The van der Waals surface area contributed by atoms with Crippen molar-refractivity contribution < 1.29 is 14.3 Å². The summed E-state index contributed by atoms with van der Waals surface area (Å²) in [5, 5.41) is 4.78. The summed E-state index contributed by atoms with van der Waals surface area (Å²) in [6.07, 6.45) is 3.55. The molecule has 7 nitrogen and oxygen atoms in total. The summed E-state index contributed by atoms with van der Waals surface area (Å²) in [4.78, 5) is 19.8. The Balaban J connectivity index is 1.75. The Morgan fingerprint density at radius 3 is 2.57 bits per heavy atom. The van der Waals surface area contributed by atoms with Gasteiger partial charge in [0.05, 0.1) is 13.2 Å². The Kier molecular flexibility index (Phi) is 6.09. The lowest BCUT2D eigenvalue weighted by Gasteiger charge is -2.41. The molecule has 30 heavy (non-hydrogen) atoms. The molecule has 7 heteroatoms. The fraction of sp³-hybridized carbons (Fsp3) is 0.609. The molecular formula is C23H32N4O3. The van der Waals surface area contributed by atoms with Crippen molar-refractivity contribution in [1.29, 1.82) is 0 Å². The number of benzene rings is 1. The molecule has 1 aliphatic heterocycles. The molecule has 2 heterocycles. The predicted octanol–water partition coefficient (Wildman–Crippen LogP) is 3.70. The monoisotopic (exact) mass is 412 g/mol. The molecule has 1 amide bonds. The molecule has 1 aromatic carbocycles. The van der Waals surface area contributed by atoms with Crippen LogP contribution in [-0.4, -0.2) is 45.3 Å². The van der Waals surface area contributed by atoms with Crippen LogP contribution in [0.2, 0.25) is 0 Å². The van der Waals surface area contributed by atoms with E-state index >= 15 is 0 Å². The van der Waals surface area contributed by atoms with E-state index in [1.54, 1.807) is 7.11 Å². The van der Waals surface area contributed by atoms with Gasteiger partial charge in [0.1, 0.15) is 18.5 Å². The SMILES string of the molecule is CCCn1nc(CC(C)C)nc1[C@H]1OCC(=O)N(C2CC2)[C@@H]1c1ccc(OC)cc1. The van der Waals surface area contributed by atoms with E-state index in [2.05, 4.69) is 20.8 Å².